The summed E-state index contributed by atoms with van der Waals surface area (Å²) < 4.78 is 20.3. The first-order valence-electron chi connectivity index (χ1n) is 14.3. The zero-order chi connectivity index (χ0) is 28.5. The Morgan fingerprint density at radius 1 is 1.18 bits per heavy atom. The van der Waals surface area contributed by atoms with E-state index in [0.717, 1.165) is 25.7 Å². The minimum Gasteiger partial charge on any atom is -0.493 e. The second-order valence-electron chi connectivity index (χ2n) is 10.9. The van der Waals surface area contributed by atoms with Crippen LogP contribution in [0, 0.1) is 18.2 Å². The molecule has 7 nitrogen and oxygen atoms in total. The maximum Gasteiger partial charge on any atom is 0.243 e. The molecule has 1 aliphatic heterocycles. The zero-order valence-corrected chi connectivity index (χ0v) is 23.2. The van der Waals surface area contributed by atoms with E-state index in [4.69, 9.17) is 11.2 Å². The van der Waals surface area contributed by atoms with Crippen LogP contribution in [-0.4, -0.2) is 48.3 Å². The number of aliphatic hydroxyl groups excluding tert-OH is 1. The van der Waals surface area contributed by atoms with Gasteiger partial charge in [-0.2, -0.15) is 0 Å². The van der Waals surface area contributed by atoms with Crippen LogP contribution in [0.5, 0.6) is 5.75 Å². The van der Waals surface area contributed by atoms with Gasteiger partial charge in [0.25, 0.3) is 0 Å². The SMILES string of the molecule is C#CC[C@@H]1NC(=O)CCCCCOc2cc(F)cc(c2)C[C@@H]([C@H](O)CNC2(c3cccc(CC)c3)CC2)NC1=O. The van der Waals surface area contributed by atoms with Crippen molar-refractivity contribution in [2.45, 2.75) is 88.4 Å². The van der Waals surface area contributed by atoms with Crippen LogP contribution in [0.4, 0.5) is 4.39 Å². The average Bonchev–Trinajstić information content (AvgIpc) is 3.73. The molecule has 1 heterocycles. The molecule has 0 spiro atoms. The molecular weight excluding hydrogens is 509 g/mol. The lowest BCUT2D eigenvalue weighted by atomic mass is 9.98. The van der Waals surface area contributed by atoms with Gasteiger partial charge in [0.05, 0.1) is 18.8 Å². The van der Waals surface area contributed by atoms with Crippen molar-refractivity contribution in [2.75, 3.05) is 13.2 Å². The molecule has 214 valence electrons. The molecule has 2 aromatic carbocycles. The van der Waals surface area contributed by atoms with Gasteiger partial charge in [0.1, 0.15) is 17.6 Å². The van der Waals surface area contributed by atoms with Crippen molar-refractivity contribution in [3.05, 3.63) is 65.0 Å². The van der Waals surface area contributed by atoms with E-state index in [-0.39, 0.29) is 37.3 Å². The third-order valence-corrected chi connectivity index (χ3v) is 7.76. The average molecular weight is 550 g/mol. The Morgan fingerprint density at radius 3 is 2.75 bits per heavy atom. The van der Waals surface area contributed by atoms with Gasteiger partial charge in [-0.15, -0.1) is 12.3 Å². The van der Waals surface area contributed by atoms with Crippen LogP contribution >= 0.6 is 0 Å². The van der Waals surface area contributed by atoms with Gasteiger partial charge < -0.3 is 25.8 Å². The van der Waals surface area contributed by atoms with Crippen LogP contribution in [-0.2, 0) is 28.0 Å². The first kappa shape index (κ1) is 29.6. The van der Waals surface area contributed by atoms with E-state index in [9.17, 15) is 19.1 Å². The molecule has 2 bridgehead atoms. The summed E-state index contributed by atoms with van der Waals surface area (Å²) in [6.07, 6.45) is 9.89. The Labute approximate surface area is 236 Å². The normalized spacial score (nSPS) is 22.2. The number of hydrogen-bond donors (Lipinski definition) is 4. The highest BCUT2D eigenvalue weighted by molar-refractivity contribution is 5.88. The van der Waals surface area contributed by atoms with E-state index in [0.29, 0.717) is 30.8 Å². The number of nitrogens with one attached hydrogen (secondary N) is 3. The number of benzene rings is 2. The van der Waals surface area contributed by atoms with Gasteiger partial charge in [-0.1, -0.05) is 31.2 Å². The predicted molar refractivity (Wildman–Crippen MR) is 152 cm³/mol. The lowest BCUT2D eigenvalue weighted by Crippen LogP contribution is -2.55. The maximum absolute atomic E-state index is 14.5. The summed E-state index contributed by atoms with van der Waals surface area (Å²) in [6.45, 7) is 2.73. The van der Waals surface area contributed by atoms with Crippen LogP contribution in [0.1, 0.15) is 68.6 Å². The molecule has 2 aliphatic rings. The van der Waals surface area contributed by atoms with E-state index >= 15 is 0 Å². The smallest absolute Gasteiger partial charge is 0.243 e. The number of carbonyl (C=O) groups excluding carboxylic acids is 2. The van der Waals surface area contributed by atoms with Gasteiger partial charge in [-0.05, 0) is 73.8 Å². The van der Waals surface area contributed by atoms with E-state index in [1.54, 1.807) is 6.07 Å². The zero-order valence-electron chi connectivity index (χ0n) is 23.2. The molecule has 1 aliphatic carbocycles. The van der Waals surface area contributed by atoms with Crippen molar-refractivity contribution in [1.82, 2.24) is 16.0 Å². The Hall–Kier alpha value is -3.41. The van der Waals surface area contributed by atoms with Crippen molar-refractivity contribution in [3.8, 4) is 18.1 Å². The third kappa shape index (κ3) is 8.06. The number of ether oxygens (including phenoxy) is 1. The fourth-order valence-corrected chi connectivity index (χ4v) is 5.21. The molecule has 0 aromatic heterocycles. The summed E-state index contributed by atoms with van der Waals surface area (Å²) in [5.74, 6) is 1.68. The van der Waals surface area contributed by atoms with Gasteiger partial charge in [-0.3, -0.25) is 9.59 Å². The van der Waals surface area contributed by atoms with E-state index in [1.807, 2.05) is 0 Å². The fraction of sp³-hybridized carbons (Fsp3) is 0.500. The van der Waals surface area contributed by atoms with Crippen LogP contribution in [0.15, 0.2) is 42.5 Å². The number of halogens is 1. The van der Waals surface area contributed by atoms with Crippen LogP contribution in [0.3, 0.4) is 0 Å². The molecule has 0 saturated heterocycles. The van der Waals surface area contributed by atoms with Crippen LogP contribution < -0.4 is 20.7 Å². The number of fused-ring (bicyclic) bond motifs is 2. The highest BCUT2D eigenvalue weighted by Gasteiger charge is 2.44. The topological polar surface area (TPSA) is 99.7 Å². The number of terminal acetylenes is 1. The molecule has 8 heteroatoms. The van der Waals surface area contributed by atoms with Gasteiger partial charge in [0.2, 0.25) is 11.8 Å². The molecule has 1 fully saturated rings. The Kier molecular flexibility index (Phi) is 10.2. The number of amides is 2. The van der Waals surface area contributed by atoms with Crippen molar-refractivity contribution in [1.29, 1.82) is 0 Å². The van der Waals surface area contributed by atoms with E-state index in [1.165, 1.54) is 23.3 Å². The number of aliphatic hydroxyl groups is 1. The molecule has 4 N–H and O–H groups in total. The molecule has 0 radical (unpaired) electrons. The van der Waals surface area contributed by atoms with E-state index in [2.05, 4.69) is 53.1 Å². The minimum absolute atomic E-state index is 0.0213. The Morgan fingerprint density at radius 2 is 2.00 bits per heavy atom. The van der Waals surface area contributed by atoms with Crippen LogP contribution in [0.25, 0.3) is 0 Å². The minimum atomic E-state index is -0.996. The first-order chi connectivity index (χ1) is 19.3. The Bertz CT molecular complexity index is 1220. The lowest BCUT2D eigenvalue weighted by Gasteiger charge is -2.29. The molecule has 40 heavy (non-hydrogen) atoms. The highest BCUT2D eigenvalue weighted by Crippen LogP contribution is 2.45. The van der Waals surface area contributed by atoms with Crippen molar-refractivity contribution < 1.29 is 23.8 Å². The summed E-state index contributed by atoms with van der Waals surface area (Å²) in [5, 5.41) is 20.5. The number of hydrogen-bond acceptors (Lipinski definition) is 5. The fourth-order valence-electron chi connectivity index (χ4n) is 5.21. The summed E-state index contributed by atoms with van der Waals surface area (Å²) in [5.41, 5.74) is 2.81. The molecule has 3 atom stereocenters. The number of rotatable bonds is 7. The van der Waals surface area contributed by atoms with Gasteiger partial charge in [0.15, 0.2) is 0 Å². The second kappa shape index (κ2) is 13.8. The van der Waals surface area contributed by atoms with Crippen molar-refractivity contribution in [2.24, 2.45) is 0 Å². The standard InChI is InChI=1S/C32H40FN3O4/c1-3-9-27-31(39)36-28(29(37)21-34-32(13-14-32)24-11-8-10-22(4-2)16-24)19-23-17-25(33)20-26(18-23)40-15-7-5-6-12-30(38)35-27/h1,8,10-11,16-18,20,27-29,34,37H,4-7,9,12-15,19,21H2,2H3,(H,35,38)(H,36,39)/t27-,28-,29+/m0/s1. The van der Waals surface area contributed by atoms with Gasteiger partial charge in [0, 0.05) is 31.0 Å². The molecule has 2 amide bonds. The first-order valence-corrected chi connectivity index (χ1v) is 14.3. The number of carbonyl (C=O) groups is 2. The maximum atomic E-state index is 14.5. The molecule has 4 rings (SSSR count). The second-order valence-corrected chi connectivity index (χ2v) is 10.9. The van der Waals surface area contributed by atoms with Crippen LogP contribution in [0.2, 0.25) is 0 Å². The van der Waals surface area contributed by atoms with Crippen molar-refractivity contribution >= 4 is 11.8 Å². The molecule has 0 unspecified atom stereocenters. The summed E-state index contributed by atoms with van der Waals surface area (Å²) in [6, 6.07) is 11.2. The molecule has 1 saturated carbocycles. The van der Waals surface area contributed by atoms with Crippen molar-refractivity contribution in [3.63, 3.8) is 0 Å². The summed E-state index contributed by atoms with van der Waals surface area (Å²) in [7, 11) is 0. The van der Waals surface area contributed by atoms with E-state index < -0.39 is 29.9 Å². The monoisotopic (exact) mass is 549 g/mol. The Balaban J connectivity index is 1.55. The number of aryl methyl sites for hydroxylation is 1. The summed E-state index contributed by atoms with van der Waals surface area (Å²) in [4.78, 5) is 25.8. The molecular formula is C32H40FN3O4. The lowest BCUT2D eigenvalue weighted by molar-refractivity contribution is -0.129. The third-order valence-electron chi connectivity index (χ3n) is 7.76. The highest BCUT2D eigenvalue weighted by atomic mass is 19.1. The van der Waals surface area contributed by atoms with Gasteiger partial charge in [-0.25, -0.2) is 4.39 Å². The molecule has 2 aromatic rings. The predicted octanol–water partition coefficient (Wildman–Crippen LogP) is 3.52. The quantitative estimate of drug-likeness (QED) is 0.396. The largest absolute Gasteiger partial charge is 0.493 e. The summed E-state index contributed by atoms with van der Waals surface area (Å²) >= 11 is 0. The van der Waals surface area contributed by atoms with Gasteiger partial charge >= 0.3 is 0 Å².